The molecule has 2 aromatic rings. The number of carbonyl (C=O) groups is 1. The van der Waals surface area contributed by atoms with E-state index in [2.05, 4.69) is 53.4 Å². The molecule has 0 saturated carbocycles. The summed E-state index contributed by atoms with van der Waals surface area (Å²) < 4.78 is 5.99. The average Bonchev–Trinajstić information content (AvgIpc) is 3.24. The standard InChI is InChI=1S/C22H31N3O2/c1-15(2)21-13-25-12-17(10-18(25)14-27-21)24-22(26)9-5-6-16-11-23-20-8-4-3-7-19(16)20/h3-4,7-8,11,15,17-18,21,23H,5-6,9-10,12-14H2,1-2H3,(H,24,26)/t17-,18-,21+/m0/s1. The van der Waals surface area contributed by atoms with Crippen LogP contribution in [0.4, 0.5) is 0 Å². The Labute approximate surface area is 161 Å². The molecular formula is C22H31N3O2. The van der Waals surface area contributed by atoms with Crippen LogP contribution in [-0.2, 0) is 16.0 Å². The van der Waals surface area contributed by atoms with Crippen molar-refractivity contribution >= 4 is 16.8 Å². The fourth-order valence-electron chi connectivity index (χ4n) is 4.49. The Kier molecular flexibility index (Phi) is 5.50. The fourth-order valence-corrected chi connectivity index (χ4v) is 4.49. The molecule has 1 amide bonds. The van der Waals surface area contributed by atoms with Gasteiger partial charge < -0.3 is 15.0 Å². The number of H-pyrrole nitrogens is 1. The Bertz CT molecular complexity index is 785. The summed E-state index contributed by atoms with van der Waals surface area (Å²) in [6, 6.07) is 9.08. The normalized spacial score (nSPS) is 25.8. The van der Waals surface area contributed by atoms with Crippen molar-refractivity contribution in [1.82, 2.24) is 15.2 Å². The van der Waals surface area contributed by atoms with Crippen molar-refractivity contribution in [3.8, 4) is 0 Å². The Hall–Kier alpha value is -1.85. The van der Waals surface area contributed by atoms with Crippen molar-refractivity contribution in [2.24, 2.45) is 5.92 Å². The molecule has 2 aliphatic rings. The van der Waals surface area contributed by atoms with Gasteiger partial charge >= 0.3 is 0 Å². The molecule has 0 radical (unpaired) electrons. The molecule has 5 heteroatoms. The van der Waals surface area contributed by atoms with Crippen molar-refractivity contribution in [3.63, 3.8) is 0 Å². The first-order chi connectivity index (χ1) is 13.1. The van der Waals surface area contributed by atoms with Crippen molar-refractivity contribution in [3.05, 3.63) is 36.0 Å². The second-order valence-corrected chi connectivity index (χ2v) is 8.44. The molecular weight excluding hydrogens is 338 g/mol. The van der Waals surface area contributed by atoms with E-state index in [1.165, 1.54) is 16.5 Å². The molecule has 1 aromatic heterocycles. The molecule has 4 rings (SSSR count). The van der Waals surface area contributed by atoms with Gasteiger partial charge in [0.2, 0.25) is 5.91 Å². The third-order valence-electron chi connectivity index (χ3n) is 6.08. The average molecular weight is 370 g/mol. The minimum absolute atomic E-state index is 0.181. The number of para-hydroxylation sites is 1. The summed E-state index contributed by atoms with van der Waals surface area (Å²) in [5, 5.41) is 4.52. The molecule has 1 aromatic carbocycles. The zero-order valence-corrected chi connectivity index (χ0v) is 16.4. The molecule has 146 valence electrons. The largest absolute Gasteiger partial charge is 0.375 e. The number of fused-ring (bicyclic) bond motifs is 2. The van der Waals surface area contributed by atoms with Gasteiger partial charge in [-0.25, -0.2) is 0 Å². The van der Waals surface area contributed by atoms with Gasteiger partial charge in [0, 0.05) is 48.7 Å². The lowest BCUT2D eigenvalue weighted by Gasteiger charge is -2.36. The van der Waals surface area contributed by atoms with Crippen LogP contribution in [0.3, 0.4) is 0 Å². The van der Waals surface area contributed by atoms with Gasteiger partial charge in [0.05, 0.1) is 12.7 Å². The fraction of sp³-hybridized carbons (Fsp3) is 0.591. The van der Waals surface area contributed by atoms with Crippen LogP contribution in [0.5, 0.6) is 0 Å². The highest BCUT2D eigenvalue weighted by atomic mass is 16.5. The predicted octanol–water partition coefficient (Wildman–Crippen LogP) is 3.10. The van der Waals surface area contributed by atoms with Crippen molar-refractivity contribution < 1.29 is 9.53 Å². The first kappa shape index (κ1) is 18.5. The highest BCUT2D eigenvalue weighted by Crippen LogP contribution is 2.26. The van der Waals surface area contributed by atoms with Crippen molar-refractivity contribution in [2.75, 3.05) is 19.7 Å². The highest BCUT2D eigenvalue weighted by Gasteiger charge is 2.38. The number of hydrogen-bond acceptors (Lipinski definition) is 3. The lowest BCUT2D eigenvalue weighted by Crippen LogP contribution is -2.48. The third kappa shape index (κ3) is 4.19. The van der Waals surface area contributed by atoms with Gasteiger partial charge in [-0.05, 0) is 36.8 Å². The molecule has 2 aliphatic heterocycles. The van der Waals surface area contributed by atoms with Crippen LogP contribution >= 0.6 is 0 Å². The van der Waals surface area contributed by atoms with Crippen LogP contribution in [0.1, 0.15) is 38.7 Å². The highest BCUT2D eigenvalue weighted by molar-refractivity contribution is 5.83. The maximum atomic E-state index is 12.4. The van der Waals surface area contributed by atoms with E-state index in [1.807, 2.05) is 6.07 Å². The molecule has 5 nitrogen and oxygen atoms in total. The Morgan fingerprint density at radius 1 is 1.33 bits per heavy atom. The quantitative estimate of drug-likeness (QED) is 0.823. The molecule has 3 atom stereocenters. The number of aryl methyl sites for hydroxylation is 1. The molecule has 2 fully saturated rings. The van der Waals surface area contributed by atoms with E-state index in [-0.39, 0.29) is 11.9 Å². The van der Waals surface area contributed by atoms with Gasteiger partial charge in [0.25, 0.3) is 0 Å². The molecule has 0 spiro atoms. The van der Waals surface area contributed by atoms with Gasteiger partial charge in [-0.1, -0.05) is 32.0 Å². The Morgan fingerprint density at radius 2 is 2.19 bits per heavy atom. The zero-order valence-electron chi connectivity index (χ0n) is 16.4. The van der Waals surface area contributed by atoms with Gasteiger partial charge in [-0.15, -0.1) is 0 Å². The van der Waals surface area contributed by atoms with Crippen LogP contribution < -0.4 is 5.32 Å². The summed E-state index contributed by atoms with van der Waals surface area (Å²) in [7, 11) is 0. The van der Waals surface area contributed by atoms with Crippen LogP contribution in [0.15, 0.2) is 30.5 Å². The monoisotopic (exact) mass is 369 g/mol. The van der Waals surface area contributed by atoms with Crippen LogP contribution in [0.25, 0.3) is 10.9 Å². The van der Waals surface area contributed by atoms with E-state index in [1.54, 1.807) is 0 Å². The van der Waals surface area contributed by atoms with E-state index in [0.717, 1.165) is 39.0 Å². The van der Waals surface area contributed by atoms with Crippen molar-refractivity contribution in [1.29, 1.82) is 0 Å². The Balaban J connectivity index is 1.22. The lowest BCUT2D eigenvalue weighted by atomic mass is 10.0. The van der Waals surface area contributed by atoms with Gasteiger partial charge in [-0.2, -0.15) is 0 Å². The molecule has 27 heavy (non-hydrogen) atoms. The minimum Gasteiger partial charge on any atom is -0.375 e. The van der Waals surface area contributed by atoms with Crippen LogP contribution in [0, 0.1) is 5.92 Å². The molecule has 2 N–H and O–H groups in total. The van der Waals surface area contributed by atoms with Crippen LogP contribution in [0.2, 0.25) is 0 Å². The number of morpholine rings is 1. The summed E-state index contributed by atoms with van der Waals surface area (Å²) in [5.41, 5.74) is 2.47. The van der Waals surface area contributed by atoms with Crippen LogP contribution in [-0.4, -0.2) is 53.7 Å². The number of nitrogens with zero attached hydrogens (tertiary/aromatic N) is 1. The lowest BCUT2D eigenvalue weighted by molar-refractivity contribution is -0.121. The molecule has 3 heterocycles. The Morgan fingerprint density at radius 3 is 3.04 bits per heavy atom. The smallest absolute Gasteiger partial charge is 0.220 e. The SMILES string of the molecule is CC(C)[C@H]1CN2C[C@@H](NC(=O)CCCc3c[nH]c4ccccc34)C[C@H]2CO1. The van der Waals surface area contributed by atoms with E-state index >= 15 is 0 Å². The number of ether oxygens (including phenoxy) is 1. The number of nitrogens with one attached hydrogen (secondary N) is 2. The van der Waals surface area contributed by atoms with E-state index in [0.29, 0.717) is 24.5 Å². The zero-order chi connectivity index (χ0) is 18.8. The number of aromatic nitrogens is 1. The summed E-state index contributed by atoms with van der Waals surface area (Å²) in [5.74, 6) is 0.727. The minimum atomic E-state index is 0.181. The first-order valence-corrected chi connectivity index (χ1v) is 10.3. The van der Waals surface area contributed by atoms with Gasteiger partial charge in [-0.3, -0.25) is 9.69 Å². The third-order valence-corrected chi connectivity index (χ3v) is 6.08. The predicted molar refractivity (Wildman–Crippen MR) is 108 cm³/mol. The molecule has 2 saturated heterocycles. The van der Waals surface area contributed by atoms with E-state index < -0.39 is 0 Å². The maximum Gasteiger partial charge on any atom is 0.220 e. The van der Waals surface area contributed by atoms with Gasteiger partial charge in [0.15, 0.2) is 0 Å². The maximum absolute atomic E-state index is 12.4. The number of hydrogen-bond donors (Lipinski definition) is 2. The second-order valence-electron chi connectivity index (χ2n) is 8.44. The summed E-state index contributed by atoms with van der Waals surface area (Å²) in [6.45, 7) is 7.19. The number of aromatic amines is 1. The molecule has 0 unspecified atom stereocenters. The number of carbonyl (C=O) groups excluding carboxylic acids is 1. The number of benzene rings is 1. The van der Waals surface area contributed by atoms with Gasteiger partial charge in [0.1, 0.15) is 0 Å². The molecule has 0 bridgehead atoms. The summed E-state index contributed by atoms with van der Waals surface area (Å²) in [6.07, 6.45) is 5.81. The topological polar surface area (TPSA) is 57.4 Å². The summed E-state index contributed by atoms with van der Waals surface area (Å²) in [4.78, 5) is 18.2. The number of amides is 1. The molecule has 0 aliphatic carbocycles. The second kappa shape index (κ2) is 8.03. The number of rotatable bonds is 6. The first-order valence-electron chi connectivity index (χ1n) is 10.3. The van der Waals surface area contributed by atoms with Crippen molar-refractivity contribution in [2.45, 2.75) is 57.7 Å². The van der Waals surface area contributed by atoms with E-state index in [9.17, 15) is 4.79 Å². The summed E-state index contributed by atoms with van der Waals surface area (Å²) >= 11 is 0. The van der Waals surface area contributed by atoms with E-state index in [4.69, 9.17) is 4.74 Å².